The maximum atomic E-state index is 12.1. The van der Waals surface area contributed by atoms with Crippen LogP contribution in [0.2, 0.25) is 0 Å². The van der Waals surface area contributed by atoms with Crippen molar-refractivity contribution in [3.63, 3.8) is 0 Å². The van der Waals surface area contributed by atoms with Gasteiger partial charge < -0.3 is 16.3 Å². The Morgan fingerprint density at radius 2 is 2.10 bits per heavy atom. The van der Waals surface area contributed by atoms with Crippen LogP contribution in [0.3, 0.4) is 0 Å². The molecule has 3 amide bonds. The van der Waals surface area contributed by atoms with E-state index in [1.165, 1.54) is 12.1 Å². The Morgan fingerprint density at radius 3 is 2.76 bits per heavy atom. The zero-order chi connectivity index (χ0) is 15.4. The maximum Gasteiger partial charge on any atom is 0.251 e. The fraction of sp³-hybridized carbons (Fsp3) is 0.231. The summed E-state index contributed by atoms with van der Waals surface area (Å²) in [7, 11) is 0. The van der Waals surface area contributed by atoms with Gasteiger partial charge in [0.1, 0.15) is 6.04 Å². The predicted molar refractivity (Wildman–Crippen MR) is 72.6 cm³/mol. The van der Waals surface area contributed by atoms with Gasteiger partial charge in [0, 0.05) is 17.5 Å². The summed E-state index contributed by atoms with van der Waals surface area (Å²) in [6.07, 6.45) is 0.442. The van der Waals surface area contributed by atoms with Crippen LogP contribution >= 0.6 is 0 Å². The molecule has 1 atom stereocenters. The molecule has 1 unspecified atom stereocenters. The molecule has 1 saturated heterocycles. The van der Waals surface area contributed by atoms with Crippen molar-refractivity contribution in [3.05, 3.63) is 35.4 Å². The lowest BCUT2D eigenvalue weighted by molar-refractivity contribution is -0.134. The molecule has 1 heterocycles. The average molecular weight is 290 g/mol. The number of nitrogens with two attached hydrogens (primary N) is 1. The molecule has 8 heteroatoms. The number of amides is 3. The minimum absolute atomic E-state index is 0.120. The number of amidine groups is 1. The summed E-state index contributed by atoms with van der Waals surface area (Å²) in [6.45, 7) is 0. The first-order chi connectivity index (χ1) is 10.0. The molecular formula is C13H14N4O4. The quantitative estimate of drug-likeness (QED) is 0.192. The molecule has 1 aromatic carbocycles. The van der Waals surface area contributed by atoms with E-state index in [-0.39, 0.29) is 30.1 Å². The predicted octanol–water partition coefficient (Wildman–Crippen LogP) is -0.684. The minimum atomic E-state index is -0.747. The van der Waals surface area contributed by atoms with Crippen molar-refractivity contribution in [3.8, 4) is 0 Å². The Hall–Kier alpha value is -2.90. The highest BCUT2D eigenvalue weighted by Gasteiger charge is 2.28. The average Bonchev–Trinajstić information content (AvgIpc) is 2.49. The number of hydrogen-bond acceptors (Lipinski definition) is 5. The second-order valence-electron chi connectivity index (χ2n) is 4.54. The molecule has 0 spiro atoms. The lowest BCUT2D eigenvalue weighted by Gasteiger charge is -2.21. The molecule has 1 aliphatic heterocycles. The van der Waals surface area contributed by atoms with Gasteiger partial charge in [-0.15, -0.1) is 0 Å². The van der Waals surface area contributed by atoms with E-state index in [1.54, 1.807) is 12.1 Å². The molecule has 5 N–H and O–H groups in total. The van der Waals surface area contributed by atoms with Gasteiger partial charge in [0.25, 0.3) is 5.91 Å². The summed E-state index contributed by atoms with van der Waals surface area (Å²) < 4.78 is 0. The van der Waals surface area contributed by atoms with Crippen LogP contribution in [0.5, 0.6) is 0 Å². The summed E-state index contributed by atoms with van der Waals surface area (Å²) in [6, 6.07) is 5.39. The highest BCUT2D eigenvalue weighted by atomic mass is 16.4. The lowest BCUT2D eigenvalue weighted by atomic mass is 10.0. The maximum absolute atomic E-state index is 12.1. The molecular weight excluding hydrogens is 276 g/mol. The van der Waals surface area contributed by atoms with Crippen LogP contribution in [0, 0.1) is 0 Å². The number of oxime groups is 1. The van der Waals surface area contributed by atoms with Gasteiger partial charge in [-0.3, -0.25) is 19.7 Å². The van der Waals surface area contributed by atoms with E-state index in [0.29, 0.717) is 5.56 Å². The third-order valence-electron chi connectivity index (χ3n) is 3.07. The van der Waals surface area contributed by atoms with Gasteiger partial charge in [0.15, 0.2) is 5.84 Å². The zero-order valence-corrected chi connectivity index (χ0v) is 11.0. The molecule has 0 radical (unpaired) electrons. The van der Waals surface area contributed by atoms with Gasteiger partial charge in [-0.2, -0.15) is 0 Å². The molecule has 2 rings (SSSR count). The lowest BCUT2D eigenvalue weighted by Crippen LogP contribution is -2.52. The molecule has 1 aliphatic rings. The highest BCUT2D eigenvalue weighted by molar-refractivity contribution is 6.05. The first-order valence-corrected chi connectivity index (χ1v) is 6.24. The largest absolute Gasteiger partial charge is 0.409 e. The fourth-order valence-electron chi connectivity index (χ4n) is 1.95. The molecule has 0 aliphatic carbocycles. The van der Waals surface area contributed by atoms with Crippen molar-refractivity contribution in [1.82, 2.24) is 10.6 Å². The Balaban J connectivity index is 2.10. The van der Waals surface area contributed by atoms with Crippen LogP contribution in [0.1, 0.15) is 28.8 Å². The standard InChI is InChI=1S/C13H14N4O4/c14-11(17-21)7-2-1-3-8(6-7)12(19)15-9-4-5-10(18)16-13(9)20/h1-3,6,9,21H,4-5H2,(H2,14,17)(H,15,19)(H,16,18,20). The number of hydrogen-bond donors (Lipinski definition) is 4. The van der Waals surface area contributed by atoms with Crippen molar-refractivity contribution in [2.45, 2.75) is 18.9 Å². The van der Waals surface area contributed by atoms with Crippen LogP contribution in [0.15, 0.2) is 29.4 Å². The summed E-state index contributed by atoms with van der Waals surface area (Å²) in [4.78, 5) is 34.7. The van der Waals surface area contributed by atoms with Crippen LogP contribution in [0.4, 0.5) is 0 Å². The molecule has 1 fully saturated rings. The van der Waals surface area contributed by atoms with E-state index in [1.807, 2.05) is 0 Å². The number of rotatable bonds is 3. The highest BCUT2D eigenvalue weighted by Crippen LogP contribution is 2.08. The monoisotopic (exact) mass is 290 g/mol. The van der Waals surface area contributed by atoms with Crippen LogP contribution in [-0.2, 0) is 9.59 Å². The normalized spacial score (nSPS) is 19.0. The van der Waals surface area contributed by atoms with Gasteiger partial charge in [-0.1, -0.05) is 17.3 Å². The first kappa shape index (κ1) is 14.5. The Morgan fingerprint density at radius 1 is 1.38 bits per heavy atom. The van der Waals surface area contributed by atoms with Gasteiger partial charge in [0.2, 0.25) is 11.8 Å². The summed E-state index contributed by atoms with van der Waals surface area (Å²) >= 11 is 0. The van der Waals surface area contributed by atoms with Gasteiger partial charge in [0.05, 0.1) is 0 Å². The van der Waals surface area contributed by atoms with E-state index in [4.69, 9.17) is 10.9 Å². The van der Waals surface area contributed by atoms with Crippen molar-refractivity contribution < 1.29 is 19.6 Å². The number of nitrogens with one attached hydrogen (secondary N) is 2. The van der Waals surface area contributed by atoms with Crippen LogP contribution in [-0.4, -0.2) is 34.8 Å². The van der Waals surface area contributed by atoms with E-state index >= 15 is 0 Å². The Bertz CT molecular complexity index is 626. The second kappa shape index (κ2) is 6.04. The molecule has 0 saturated carbocycles. The molecule has 21 heavy (non-hydrogen) atoms. The number of nitrogens with zero attached hydrogens (tertiary/aromatic N) is 1. The molecule has 0 bridgehead atoms. The van der Waals surface area contributed by atoms with Crippen molar-refractivity contribution in [1.29, 1.82) is 0 Å². The van der Waals surface area contributed by atoms with E-state index in [9.17, 15) is 14.4 Å². The van der Waals surface area contributed by atoms with Crippen LogP contribution in [0.25, 0.3) is 0 Å². The SMILES string of the molecule is NC(=NO)c1cccc(C(=O)NC2CCC(=O)NC2=O)c1. The number of carbonyl (C=O) groups is 3. The van der Waals surface area contributed by atoms with Crippen molar-refractivity contribution >= 4 is 23.6 Å². The second-order valence-corrected chi connectivity index (χ2v) is 4.54. The first-order valence-electron chi connectivity index (χ1n) is 6.24. The van der Waals surface area contributed by atoms with E-state index < -0.39 is 17.9 Å². The number of imide groups is 1. The number of carbonyl (C=O) groups excluding carboxylic acids is 3. The van der Waals surface area contributed by atoms with Gasteiger partial charge in [-0.05, 0) is 18.6 Å². The van der Waals surface area contributed by atoms with E-state index in [2.05, 4.69) is 15.8 Å². The Kier molecular flexibility index (Phi) is 4.17. The summed E-state index contributed by atoms with van der Waals surface area (Å²) in [5.41, 5.74) is 6.10. The topological polar surface area (TPSA) is 134 Å². The minimum Gasteiger partial charge on any atom is -0.409 e. The number of piperidine rings is 1. The van der Waals surface area contributed by atoms with Gasteiger partial charge in [-0.25, -0.2) is 0 Å². The molecule has 0 aromatic heterocycles. The third-order valence-corrected chi connectivity index (χ3v) is 3.07. The van der Waals surface area contributed by atoms with Crippen molar-refractivity contribution in [2.24, 2.45) is 10.9 Å². The van der Waals surface area contributed by atoms with Gasteiger partial charge >= 0.3 is 0 Å². The molecule has 8 nitrogen and oxygen atoms in total. The number of benzene rings is 1. The summed E-state index contributed by atoms with van der Waals surface area (Å²) in [5, 5.41) is 16.2. The van der Waals surface area contributed by atoms with Crippen molar-refractivity contribution in [2.75, 3.05) is 0 Å². The molecule has 110 valence electrons. The molecule has 1 aromatic rings. The smallest absolute Gasteiger partial charge is 0.251 e. The third kappa shape index (κ3) is 3.35. The zero-order valence-electron chi connectivity index (χ0n) is 11.0. The summed E-state index contributed by atoms with van der Waals surface area (Å²) in [5.74, 6) is -1.46. The Labute approximate surface area is 120 Å². The fourth-order valence-corrected chi connectivity index (χ4v) is 1.95. The van der Waals surface area contributed by atoms with E-state index in [0.717, 1.165) is 0 Å². The van der Waals surface area contributed by atoms with Crippen LogP contribution < -0.4 is 16.4 Å².